The Balaban J connectivity index is 1.69. The van der Waals surface area contributed by atoms with Crippen LogP contribution in [0.2, 0.25) is 5.02 Å². The average Bonchev–Trinajstić information content (AvgIpc) is 2.75. The summed E-state index contributed by atoms with van der Waals surface area (Å²) in [5.41, 5.74) is 1.96. The number of halogens is 1. The molecule has 3 aromatic carbocycles. The molecule has 0 unspecified atom stereocenters. The summed E-state index contributed by atoms with van der Waals surface area (Å²) in [7, 11) is 0. The van der Waals surface area contributed by atoms with Crippen molar-refractivity contribution in [1.29, 1.82) is 0 Å². The van der Waals surface area contributed by atoms with Crippen molar-refractivity contribution < 1.29 is 14.3 Å². The zero-order valence-electron chi connectivity index (χ0n) is 15.9. The van der Waals surface area contributed by atoms with Gasteiger partial charge >= 0.3 is 0 Å². The molecule has 148 valence electrons. The number of amides is 2. The summed E-state index contributed by atoms with van der Waals surface area (Å²) in [4.78, 5) is 24.9. The Bertz CT molecular complexity index is 989. The maximum atomic E-state index is 12.5. The fraction of sp³-hybridized carbons (Fsp3) is 0.130. The van der Waals surface area contributed by atoms with Crippen LogP contribution in [0.1, 0.15) is 34.1 Å². The molecular formula is C23H21ClN2O3. The summed E-state index contributed by atoms with van der Waals surface area (Å²) in [6.07, 6.45) is 0.919. The van der Waals surface area contributed by atoms with Gasteiger partial charge in [-0.3, -0.25) is 9.59 Å². The molecule has 29 heavy (non-hydrogen) atoms. The zero-order chi connectivity index (χ0) is 20.6. The number of carbonyl (C=O) groups is 2. The topological polar surface area (TPSA) is 67.4 Å². The Morgan fingerprint density at radius 2 is 1.52 bits per heavy atom. The molecular weight excluding hydrogens is 388 g/mol. The molecule has 0 atom stereocenters. The van der Waals surface area contributed by atoms with E-state index >= 15 is 0 Å². The lowest BCUT2D eigenvalue weighted by atomic mass is 10.2. The highest BCUT2D eigenvalue weighted by Crippen LogP contribution is 2.26. The lowest BCUT2D eigenvalue weighted by Gasteiger charge is -2.11. The third-order valence-electron chi connectivity index (χ3n) is 4.10. The van der Waals surface area contributed by atoms with Gasteiger partial charge in [-0.05, 0) is 61.0 Å². The first-order valence-electron chi connectivity index (χ1n) is 9.27. The Morgan fingerprint density at radius 3 is 2.21 bits per heavy atom. The maximum Gasteiger partial charge on any atom is 0.255 e. The van der Waals surface area contributed by atoms with Crippen LogP contribution in [-0.2, 0) is 0 Å². The van der Waals surface area contributed by atoms with Gasteiger partial charge in [-0.15, -0.1) is 0 Å². The summed E-state index contributed by atoms with van der Waals surface area (Å²) >= 11 is 6.20. The molecule has 3 aromatic rings. The molecule has 0 bridgehead atoms. The number of carbonyl (C=O) groups excluding carboxylic acids is 2. The highest BCUT2D eigenvalue weighted by atomic mass is 35.5. The van der Waals surface area contributed by atoms with Crippen molar-refractivity contribution in [2.75, 3.05) is 17.2 Å². The van der Waals surface area contributed by atoms with Gasteiger partial charge in [0.1, 0.15) is 5.75 Å². The summed E-state index contributed by atoms with van der Waals surface area (Å²) in [6, 6.07) is 20.7. The molecule has 6 heteroatoms. The molecule has 0 saturated carbocycles. The second-order valence-electron chi connectivity index (χ2n) is 6.34. The van der Waals surface area contributed by atoms with Crippen LogP contribution in [0, 0.1) is 0 Å². The molecule has 0 aliphatic carbocycles. The zero-order valence-corrected chi connectivity index (χ0v) is 16.7. The van der Waals surface area contributed by atoms with Crippen molar-refractivity contribution in [2.24, 2.45) is 0 Å². The first kappa shape index (κ1) is 20.4. The first-order valence-corrected chi connectivity index (χ1v) is 9.65. The summed E-state index contributed by atoms with van der Waals surface area (Å²) in [6.45, 7) is 2.66. The summed E-state index contributed by atoms with van der Waals surface area (Å²) < 4.78 is 5.52. The van der Waals surface area contributed by atoms with Crippen molar-refractivity contribution in [2.45, 2.75) is 13.3 Å². The Hall–Kier alpha value is -3.31. The standard InChI is InChI=1S/C23H21ClN2O3/c1-2-14-29-19-11-8-17(9-12-19)22(27)25-18-10-13-20(24)21(15-18)26-23(28)16-6-4-3-5-7-16/h3-13,15H,2,14H2,1H3,(H,25,27)(H,26,28). The van der Waals surface area contributed by atoms with E-state index in [1.54, 1.807) is 66.7 Å². The van der Waals surface area contributed by atoms with E-state index in [9.17, 15) is 9.59 Å². The largest absolute Gasteiger partial charge is 0.494 e. The van der Waals surface area contributed by atoms with Gasteiger partial charge in [0.25, 0.3) is 11.8 Å². The van der Waals surface area contributed by atoms with Crippen LogP contribution in [0.15, 0.2) is 72.8 Å². The normalized spacial score (nSPS) is 10.3. The predicted octanol–water partition coefficient (Wildman–Crippen LogP) is 5.63. The van der Waals surface area contributed by atoms with E-state index in [2.05, 4.69) is 10.6 Å². The average molecular weight is 409 g/mol. The van der Waals surface area contributed by atoms with Gasteiger partial charge in [0.15, 0.2) is 0 Å². The highest BCUT2D eigenvalue weighted by molar-refractivity contribution is 6.34. The van der Waals surface area contributed by atoms with E-state index in [-0.39, 0.29) is 11.8 Å². The van der Waals surface area contributed by atoms with Crippen molar-refractivity contribution in [3.8, 4) is 5.75 Å². The fourth-order valence-corrected chi connectivity index (χ4v) is 2.77. The molecule has 0 saturated heterocycles. The smallest absolute Gasteiger partial charge is 0.255 e. The quantitative estimate of drug-likeness (QED) is 0.532. The number of benzene rings is 3. The third-order valence-corrected chi connectivity index (χ3v) is 4.43. The lowest BCUT2D eigenvalue weighted by Crippen LogP contribution is -2.14. The second-order valence-corrected chi connectivity index (χ2v) is 6.75. The first-order chi connectivity index (χ1) is 14.1. The molecule has 2 N–H and O–H groups in total. The summed E-state index contributed by atoms with van der Waals surface area (Å²) in [5.74, 6) is 0.175. The number of anilines is 2. The molecule has 0 aromatic heterocycles. The van der Waals surface area contributed by atoms with Gasteiger partial charge < -0.3 is 15.4 Å². The molecule has 0 spiro atoms. The fourth-order valence-electron chi connectivity index (χ4n) is 2.61. The van der Waals surface area contributed by atoms with E-state index < -0.39 is 0 Å². The number of hydrogen-bond acceptors (Lipinski definition) is 3. The second kappa shape index (κ2) is 9.75. The maximum absolute atomic E-state index is 12.5. The SMILES string of the molecule is CCCOc1ccc(C(=O)Nc2ccc(Cl)c(NC(=O)c3ccccc3)c2)cc1. The molecule has 2 amide bonds. The van der Waals surface area contributed by atoms with Gasteiger partial charge in [-0.25, -0.2) is 0 Å². The van der Waals surface area contributed by atoms with Gasteiger partial charge in [-0.1, -0.05) is 36.7 Å². The molecule has 3 rings (SSSR count). The van der Waals surface area contributed by atoms with Crippen molar-refractivity contribution >= 4 is 34.8 Å². The van der Waals surface area contributed by atoms with Crippen molar-refractivity contribution in [3.05, 3.63) is 88.9 Å². The molecule has 0 heterocycles. The van der Waals surface area contributed by atoms with Gasteiger partial charge in [0, 0.05) is 16.8 Å². The molecule has 5 nitrogen and oxygen atoms in total. The monoisotopic (exact) mass is 408 g/mol. The highest BCUT2D eigenvalue weighted by Gasteiger charge is 2.11. The van der Waals surface area contributed by atoms with Crippen LogP contribution in [0.3, 0.4) is 0 Å². The van der Waals surface area contributed by atoms with Crippen LogP contribution in [0.25, 0.3) is 0 Å². The number of nitrogens with one attached hydrogen (secondary N) is 2. The van der Waals surface area contributed by atoms with Crippen LogP contribution in [0.5, 0.6) is 5.75 Å². The minimum Gasteiger partial charge on any atom is -0.494 e. The molecule has 0 aliphatic heterocycles. The molecule has 0 radical (unpaired) electrons. The van der Waals surface area contributed by atoms with Gasteiger partial charge in [0.2, 0.25) is 0 Å². The van der Waals surface area contributed by atoms with E-state index in [4.69, 9.17) is 16.3 Å². The van der Waals surface area contributed by atoms with E-state index in [0.29, 0.717) is 34.1 Å². The van der Waals surface area contributed by atoms with E-state index in [1.807, 2.05) is 13.0 Å². The number of rotatable bonds is 7. The molecule has 0 aliphatic rings. The lowest BCUT2D eigenvalue weighted by molar-refractivity contribution is 0.101. The van der Waals surface area contributed by atoms with E-state index in [1.165, 1.54) is 0 Å². The third kappa shape index (κ3) is 5.59. The summed E-state index contributed by atoms with van der Waals surface area (Å²) in [5, 5.41) is 5.96. The predicted molar refractivity (Wildman–Crippen MR) is 116 cm³/mol. The Labute approximate surface area is 174 Å². The van der Waals surface area contributed by atoms with Crippen LogP contribution >= 0.6 is 11.6 Å². The Morgan fingerprint density at radius 1 is 0.862 bits per heavy atom. The van der Waals surface area contributed by atoms with Crippen molar-refractivity contribution in [3.63, 3.8) is 0 Å². The van der Waals surface area contributed by atoms with Crippen LogP contribution in [-0.4, -0.2) is 18.4 Å². The molecule has 0 fully saturated rings. The van der Waals surface area contributed by atoms with Crippen LogP contribution in [0.4, 0.5) is 11.4 Å². The minimum atomic E-state index is -0.279. The van der Waals surface area contributed by atoms with E-state index in [0.717, 1.165) is 12.2 Å². The number of ether oxygens (including phenoxy) is 1. The van der Waals surface area contributed by atoms with Gasteiger partial charge in [-0.2, -0.15) is 0 Å². The number of hydrogen-bond donors (Lipinski definition) is 2. The van der Waals surface area contributed by atoms with Crippen LogP contribution < -0.4 is 15.4 Å². The van der Waals surface area contributed by atoms with Crippen molar-refractivity contribution in [1.82, 2.24) is 0 Å². The van der Waals surface area contributed by atoms with Gasteiger partial charge in [0.05, 0.1) is 17.3 Å². The Kier molecular flexibility index (Phi) is 6.87. The minimum absolute atomic E-state index is 0.269.